The summed E-state index contributed by atoms with van der Waals surface area (Å²) in [6.45, 7) is 1.57. The molecule has 0 radical (unpaired) electrons. The molecule has 182 valence electrons. The third kappa shape index (κ3) is 5.70. The summed E-state index contributed by atoms with van der Waals surface area (Å²) in [5.74, 6) is 0.000850. The molecule has 2 fully saturated rings. The minimum Gasteiger partial charge on any atom is -0.376 e. The van der Waals surface area contributed by atoms with E-state index in [4.69, 9.17) is 5.41 Å². The fraction of sp³-hybridized carbons (Fsp3) is 0.440. The van der Waals surface area contributed by atoms with Gasteiger partial charge in [0.25, 0.3) is 10.0 Å². The molecule has 1 heterocycles. The molecule has 2 aliphatic rings. The molecular weight excluding hydrogens is 450 g/mol. The van der Waals surface area contributed by atoms with E-state index in [2.05, 4.69) is 10.6 Å². The number of nitrogens with one attached hydrogen (secondary N) is 3. The smallest absolute Gasteiger partial charge is 0.266 e. The quantitative estimate of drug-likeness (QED) is 0.508. The lowest BCUT2D eigenvalue weighted by molar-refractivity contribution is -0.119. The maximum Gasteiger partial charge on any atom is 0.266 e. The summed E-state index contributed by atoms with van der Waals surface area (Å²) < 4.78 is 27.6. The zero-order valence-electron chi connectivity index (χ0n) is 19.4. The third-order valence-electron chi connectivity index (χ3n) is 6.54. The number of nitrogens with zero attached hydrogens (tertiary/aromatic N) is 2. The standard InChI is InChI=1S/C25H33N5O3S/c26-25-29(22-9-5-2-6-10-22)17-18-30(25)34(32,33)23-13-11-20(12-14-23)15-16-27-24(31)19-28-21-7-3-1-4-8-21/h1,3-4,7-8,11-14,22,26,28H,2,5-6,9-10,15-19H2,(H,27,31). The number of carbonyl (C=O) groups is 1. The van der Waals surface area contributed by atoms with Gasteiger partial charge in [0.05, 0.1) is 18.0 Å². The molecule has 0 unspecified atom stereocenters. The van der Waals surface area contributed by atoms with Crippen LogP contribution in [0.4, 0.5) is 5.69 Å². The second-order valence-electron chi connectivity index (χ2n) is 8.85. The number of rotatable bonds is 9. The number of anilines is 1. The molecule has 0 aromatic heterocycles. The van der Waals surface area contributed by atoms with Crippen molar-refractivity contribution in [3.63, 3.8) is 0 Å². The molecule has 1 saturated heterocycles. The van der Waals surface area contributed by atoms with Gasteiger partial charge in [-0.1, -0.05) is 49.6 Å². The van der Waals surface area contributed by atoms with E-state index in [9.17, 15) is 13.2 Å². The van der Waals surface area contributed by atoms with Crippen molar-refractivity contribution in [1.82, 2.24) is 14.5 Å². The molecule has 9 heteroatoms. The molecule has 4 rings (SSSR count). The average Bonchev–Trinajstić information content (AvgIpc) is 3.26. The van der Waals surface area contributed by atoms with Gasteiger partial charge in [0.1, 0.15) is 0 Å². The van der Waals surface area contributed by atoms with Crippen LogP contribution in [-0.4, -0.2) is 61.7 Å². The topological polar surface area (TPSA) is 106 Å². The van der Waals surface area contributed by atoms with Crippen molar-refractivity contribution in [2.45, 2.75) is 49.5 Å². The second-order valence-corrected chi connectivity index (χ2v) is 10.7. The van der Waals surface area contributed by atoms with Crippen LogP contribution in [0.3, 0.4) is 0 Å². The van der Waals surface area contributed by atoms with Crippen LogP contribution in [0.15, 0.2) is 59.5 Å². The largest absolute Gasteiger partial charge is 0.376 e. The number of para-hydroxylation sites is 1. The van der Waals surface area contributed by atoms with Crippen LogP contribution in [0.5, 0.6) is 0 Å². The van der Waals surface area contributed by atoms with E-state index in [1.165, 1.54) is 10.7 Å². The third-order valence-corrected chi connectivity index (χ3v) is 8.35. The minimum atomic E-state index is -3.75. The molecule has 8 nitrogen and oxygen atoms in total. The predicted molar refractivity (Wildman–Crippen MR) is 133 cm³/mol. The van der Waals surface area contributed by atoms with Gasteiger partial charge in [0.15, 0.2) is 0 Å². The van der Waals surface area contributed by atoms with E-state index in [0.29, 0.717) is 26.1 Å². The fourth-order valence-electron chi connectivity index (χ4n) is 4.64. The first-order chi connectivity index (χ1) is 16.4. The number of sulfonamides is 1. The Labute approximate surface area is 201 Å². The van der Waals surface area contributed by atoms with Gasteiger partial charge in [0.2, 0.25) is 11.9 Å². The lowest BCUT2D eigenvalue weighted by Gasteiger charge is -2.32. The first kappa shape index (κ1) is 24.1. The van der Waals surface area contributed by atoms with Crippen molar-refractivity contribution in [3.05, 3.63) is 60.2 Å². The van der Waals surface area contributed by atoms with Gasteiger partial charge in [-0.25, -0.2) is 12.7 Å². The van der Waals surface area contributed by atoms with Crippen LogP contribution < -0.4 is 10.6 Å². The molecule has 34 heavy (non-hydrogen) atoms. The summed E-state index contributed by atoms with van der Waals surface area (Å²) in [5.41, 5.74) is 1.83. The summed E-state index contributed by atoms with van der Waals surface area (Å²) >= 11 is 0. The lowest BCUT2D eigenvalue weighted by Crippen LogP contribution is -2.42. The molecule has 2 aromatic rings. The molecule has 0 atom stereocenters. The van der Waals surface area contributed by atoms with Gasteiger partial charge in [-0.15, -0.1) is 0 Å². The lowest BCUT2D eigenvalue weighted by atomic mass is 9.94. The van der Waals surface area contributed by atoms with Gasteiger partial charge in [-0.2, -0.15) is 0 Å². The molecule has 0 spiro atoms. The van der Waals surface area contributed by atoms with E-state index < -0.39 is 10.0 Å². The Morgan fingerprint density at radius 3 is 2.38 bits per heavy atom. The SMILES string of the molecule is N=C1N(C2CCCCC2)CCN1S(=O)(=O)c1ccc(CCNC(=O)CNc2ccccc2)cc1. The Balaban J connectivity index is 1.27. The molecule has 1 aliphatic carbocycles. The predicted octanol–water partition coefficient (Wildman–Crippen LogP) is 3.03. The Morgan fingerprint density at radius 2 is 1.68 bits per heavy atom. The number of hydrogen-bond acceptors (Lipinski definition) is 5. The Hall–Kier alpha value is -3.07. The summed E-state index contributed by atoms with van der Waals surface area (Å²) in [6, 6.07) is 16.6. The maximum absolute atomic E-state index is 13.2. The average molecular weight is 484 g/mol. The van der Waals surface area contributed by atoms with Crippen molar-refractivity contribution < 1.29 is 13.2 Å². The summed E-state index contributed by atoms with van der Waals surface area (Å²) in [7, 11) is -3.75. The molecule has 1 saturated carbocycles. The van der Waals surface area contributed by atoms with Crippen molar-refractivity contribution in [1.29, 1.82) is 5.41 Å². The monoisotopic (exact) mass is 483 g/mol. The molecule has 2 aromatic carbocycles. The van der Waals surface area contributed by atoms with Gasteiger partial charge in [0, 0.05) is 24.8 Å². The maximum atomic E-state index is 13.2. The number of guanidine groups is 1. The summed E-state index contributed by atoms with van der Waals surface area (Å²) in [5, 5.41) is 14.4. The van der Waals surface area contributed by atoms with E-state index >= 15 is 0 Å². The Kier molecular flexibility index (Phi) is 7.72. The van der Waals surface area contributed by atoms with E-state index in [1.54, 1.807) is 24.3 Å². The molecular formula is C25H33N5O3S. The molecule has 1 amide bonds. The van der Waals surface area contributed by atoms with Crippen LogP contribution in [0.25, 0.3) is 0 Å². The first-order valence-electron chi connectivity index (χ1n) is 12.0. The number of carbonyl (C=O) groups excluding carboxylic acids is 1. The van der Waals surface area contributed by atoms with Crippen molar-refractivity contribution >= 4 is 27.6 Å². The van der Waals surface area contributed by atoms with Crippen molar-refractivity contribution in [3.8, 4) is 0 Å². The minimum absolute atomic E-state index is 0.0990. The van der Waals surface area contributed by atoms with Crippen LogP contribution in [0.1, 0.15) is 37.7 Å². The Bertz CT molecular complexity index is 1080. The number of hydrogen-bond donors (Lipinski definition) is 3. The highest BCUT2D eigenvalue weighted by atomic mass is 32.2. The van der Waals surface area contributed by atoms with Gasteiger partial charge in [-0.3, -0.25) is 10.2 Å². The van der Waals surface area contributed by atoms with E-state index in [0.717, 1.165) is 36.9 Å². The zero-order chi connectivity index (χ0) is 24.0. The number of amides is 1. The highest BCUT2D eigenvalue weighted by Crippen LogP contribution is 2.28. The van der Waals surface area contributed by atoms with Crippen LogP contribution in [-0.2, 0) is 21.2 Å². The second kappa shape index (κ2) is 10.9. The first-order valence-corrected chi connectivity index (χ1v) is 13.4. The van der Waals surface area contributed by atoms with Crippen LogP contribution in [0.2, 0.25) is 0 Å². The Morgan fingerprint density at radius 1 is 0.971 bits per heavy atom. The molecule has 0 bridgehead atoms. The van der Waals surface area contributed by atoms with E-state index in [-0.39, 0.29) is 29.3 Å². The van der Waals surface area contributed by atoms with Crippen LogP contribution >= 0.6 is 0 Å². The van der Waals surface area contributed by atoms with Gasteiger partial charge >= 0.3 is 0 Å². The normalized spacial score (nSPS) is 17.1. The highest BCUT2D eigenvalue weighted by molar-refractivity contribution is 7.89. The fourth-order valence-corrected chi connectivity index (χ4v) is 6.03. The highest BCUT2D eigenvalue weighted by Gasteiger charge is 2.38. The zero-order valence-corrected chi connectivity index (χ0v) is 20.2. The van der Waals surface area contributed by atoms with Crippen molar-refractivity contribution in [2.24, 2.45) is 0 Å². The van der Waals surface area contributed by atoms with Crippen LogP contribution in [0, 0.1) is 5.41 Å². The summed E-state index contributed by atoms with van der Waals surface area (Å²) in [6.07, 6.45) is 6.18. The molecule has 3 N–H and O–H groups in total. The van der Waals surface area contributed by atoms with Gasteiger partial charge in [-0.05, 0) is 49.1 Å². The van der Waals surface area contributed by atoms with Crippen molar-refractivity contribution in [2.75, 3.05) is 31.5 Å². The van der Waals surface area contributed by atoms with E-state index in [1.807, 2.05) is 35.2 Å². The molecule has 1 aliphatic heterocycles. The number of benzene rings is 2. The van der Waals surface area contributed by atoms with Gasteiger partial charge < -0.3 is 15.5 Å². The summed E-state index contributed by atoms with van der Waals surface area (Å²) in [4.78, 5) is 14.2.